The third kappa shape index (κ3) is 2.88. The molecular formula is C14H18N2OS. The van der Waals surface area contributed by atoms with E-state index in [0.29, 0.717) is 0 Å². The van der Waals surface area contributed by atoms with E-state index in [4.69, 9.17) is 0 Å². The molecule has 96 valence electrons. The second kappa shape index (κ2) is 5.48. The Morgan fingerprint density at radius 1 is 1.50 bits per heavy atom. The molecule has 0 bridgehead atoms. The highest BCUT2D eigenvalue weighted by molar-refractivity contribution is 7.18. The predicted molar refractivity (Wildman–Crippen MR) is 77.1 cm³/mol. The van der Waals surface area contributed by atoms with Crippen molar-refractivity contribution in [2.45, 2.75) is 33.6 Å². The van der Waals surface area contributed by atoms with Gasteiger partial charge in [0.15, 0.2) is 0 Å². The van der Waals surface area contributed by atoms with E-state index in [2.05, 4.69) is 17.2 Å². The summed E-state index contributed by atoms with van der Waals surface area (Å²) in [5.74, 6) is 0.159. The van der Waals surface area contributed by atoms with Crippen LogP contribution in [0.25, 0.3) is 10.2 Å². The van der Waals surface area contributed by atoms with Crippen LogP contribution >= 0.6 is 11.3 Å². The minimum atomic E-state index is 0.0638. The summed E-state index contributed by atoms with van der Waals surface area (Å²) in [4.78, 5) is 16.3. The van der Waals surface area contributed by atoms with Crippen molar-refractivity contribution >= 4 is 33.1 Å². The lowest BCUT2D eigenvalue weighted by molar-refractivity contribution is -0.119. The van der Waals surface area contributed by atoms with Crippen LogP contribution in [0.15, 0.2) is 18.2 Å². The molecule has 0 aliphatic rings. The van der Waals surface area contributed by atoms with E-state index in [1.54, 1.807) is 11.3 Å². The van der Waals surface area contributed by atoms with Crippen molar-refractivity contribution in [2.75, 3.05) is 5.32 Å². The third-order valence-corrected chi connectivity index (χ3v) is 3.87. The maximum atomic E-state index is 11.9. The molecule has 4 heteroatoms. The number of aryl methyl sites for hydroxylation is 1. The number of hydrogen-bond acceptors (Lipinski definition) is 3. The smallest absolute Gasteiger partial charge is 0.227 e. The van der Waals surface area contributed by atoms with E-state index in [1.807, 2.05) is 32.0 Å². The van der Waals surface area contributed by atoms with Gasteiger partial charge < -0.3 is 5.32 Å². The highest BCUT2D eigenvalue weighted by Crippen LogP contribution is 2.25. The molecule has 1 aromatic carbocycles. The highest BCUT2D eigenvalue weighted by atomic mass is 32.1. The number of anilines is 1. The lowest BCUT2D eigenvalue weighted by Crippen LogP contribution is -2.20. The fraction of sp³-hybridized carbons (Fsp3) is 0.429. The summed E-state index contributed by atoms with van der Waals surface area (Å²) >= 11 is 1.65. The van der Waals surface area contributed by atoms with Gasteiger partial charge in [-0.25, -0.2) is 4.98 Å². The summed E-state index contributed by atoms with van der Waals surface area (Å²) in [5, 5.41) is 4.02. The van der Waals surface area contributed by atoms with Gasteiger partial charge in [0.1, 0.15) is 0 Å². The zero-order chi connectivity index (χ0) is 13.1. The van der Waals surface area contributed by atoms with Crippen molar-refractivity contribution in [1.29, 1.82) is 0 Å². The summed E-state index contributed by atoms with van der Waals surface area (Å²) < 4.78 is 1.12. The van der Waals surface area contributed by atoms with Gasteiger partial charge in [-0.15, -0.1) is 11.3 Å². The monoisotopic (exact) mass is 262 g/mol. The molecule has 0 aliphatic carbocycles. The molecule has 0 aliphatic heterocycles. The first kappa shape index (κ1) is 13.0. The molecular weight excluding hydrogens is 244 g/mol. The van der Waals surface area contributed by atoms with Crippen molar-refractivity contribution in [2.24, 2.45) is 5.92 Å². The van der Waals surface area contributed by atoms with Gasteiger partial charge in [-0.3, -0.25) is 4.79 Å². The van der Waals surface area contributed by atoms with Crippen molar-refractivity contribution in [1.82, 2.24) is 4.98 Å². The largest absolute Gasteiger partial charge is 0.326 e. The van der Waals surface area contributed by atoms with E-state index >= 15 is 0 Å². The molecule has 18 heavy (non-hydrogen) atoms. The maximum absolute atomic E-state index is 11.9. The van der Waals surface area contributed by atoms with Crippen LogP contribution in [0, 0.1) is 12.8 Å². The van der Waals surface area contributed by atoms with Crippen molar-refractivity contribution < 1.29 is 4.79 Å². The van der Waals surface area contributed by atoms with Crippen LogP contribution in [0.5, 0.6) is 0 Å². The van der Waals surface area contributed by atoms with Gasteiger partial charge in [-0.1, -0.05) is 20.3 Å². The van der Waals surface area contributed by atoms with Crippen molar-refractivity contribution in [3.05, 3.63) is 23.2 Å². The summed E-state index contributed by atoms with van der Waals surface area (Å²) in [7, 11) is 0. The topological polar surface area (TPSA) is 42.0 Å². The molecule has 1 amide bonds. The Morgan fingerprint density at radius 3 is 3.00 bits per heavy atom. The lowest BCUT2D eigenvalue weighted by Gasteiger charge is -2.10. The summed E-state index contributed by atoms with van der Waals surface area (Å²) in [5.41, 5.74) is 1.86. The maximum Gasteiger partial charge on any atom is 0.227 e. The second-order valence-electron chi connectivity index (χ2n) is 4.59. The van der Waals surface area contributed by atoms with Gasteiger partial charge in [0, 0.05) is 11.6 Å². The molecule has 1 N–H and O–H groups in total. The van der Waals surface area contributed by atoms with E-state index in [9.17, 15) is 4.79 Å². The van der Waals surface area contributed by atoms with Gasteiger partial charge in [-0.2, -0.15) is 0 Å². The number of carbonyl (C=O) groups is 1. The summed E-state index contributed by atoms with van der Waals surface area (Å²) in [6.45, 7) is 6.05. The van der Waals surface area contributed by atoms with Crippen molar-refractivity contribution in [3.63, 3.8) is 0 Å². The molecule has 0 fully saturated rings. The van der Waals surface area contributed by atoms with Gasteiger partial charge in [0.05, 0.1) is 15.2 Å². The molecule has 0 unspecified atom stereocenters. The SMILES string of the molecule is CCC[C@H](C)C(=O)Nc1ccc2nc(C)sc2c1. The molecule has 1 atom stereocenters. The zero-order valence-electron chi connectivity index (χ0n) is 11.0. The minimum absolute atomic E-state index is 0.0638. The average Bonchev–Trinajstić information content (AvgIpc) is 2.68. The van der Waals surface area contributed by atoms with E-state index in [-0.39, 0.29) is 11.8 Å². The molecule has 2 aromatic rings. The number of hydrogen-bond donors (Lipinski definition) is 1. The Balaban J connectivity index is 2.14. The minimum Gasteiger partial charge on any atom is -0.326 e. The fourth-order valence-corrected chi connectivity index (χ4v) is 2.81. The highest BCUT2D eigenvalue weighted by Gasteiger charge is 2.12. The Labute approximate surface area is 111 Å². The van der Waals surface area contributed by atoms with Gasteiger partial charge in [0.25, 0.3) is 0 Å². The number of aromatic nitrogens is 1. The molecule has 2 rings (SSSR count). The van der Waals surface area contributed by atoms with Crippen molar-refractivity contribution in [3.8, 4) is 0 Å². The van der Waals surface area contributed by atoms with Crippen LogP contribution < -0.4 is 5.32 Å². The van der Waals surface area contributed by atoms with Crippen LogP contribution in [-0.4, -0.2) is 10.9 Å². The average molecular weight is 262 g/mol. The molecule has 1 heterocycles. The number of thiazole rings is 1. The first-order valence-corrected chi connectivity index (χ1v) is 7.10. The quantitative estimate of drug-likeness (QED) is 0.905. The van der Waals surface area contributed by atoms with Crippen LogP contribution in [0.4, 0.5) is 5.69 Å². The molecule has 0 radical (unpaired) electrons. The number of rotatable bonds is 4. The molecule has 0 saturated carbocycles. The summed E-state index contributed by atoms with van der Waals surface area (Å²) in [6, 6.07) is 5.87. The van der Waals surface area contributed by atoms with Crippen LogP contribution in [0.2, 0.25) is 0 Å². The molecule has 1 aromatic heterocycles. The predicted octanol–water partition coefficient (Wildman–Crippen LogP) is 3.98. The number of amides is 1. The van der Waals surface area contributed by atoms with Crippen LogP contribution in [0.1, 0.15) is 31.7 Å². The number of nitrogens with one attached hydrogen (secondary N) is 1. The van der Waals surface area contributed by atoms with E-state index < -0.39 is 0 Å². The first-order valence-electron chi connectivity index (χ1n) is 6.28. The van der Waals surface area contributed by atoms with E-state index in [0.717, 1.165) is 33.8 Å². The Hall–Kier alpha value is -1.42. The number of carbonyl (C=O) groups excluding carboxylic acids is 1. The summed E-state index contributed by atoms with van der Waals surface area (Å²) in [6.07, 6.45) is 1.95. The van der Waals surface area contributed by atoms with Gasteiger partial charge >= 0.3 is 0 Å². The van der Waals surface area contributed by atoms with E-state index in [1.165, 1.54) is 0 Å². The number of nitrogens with zero attached hydrogens (tertiary/aromatic N) is 1. The number of fused-ring (bicyclic) bond motifs is 1. The van der Waals surface area contributed by atoms with Crippen LogP contribution in [0.3, 0.4) is 0 Å². The second-order valence-corrected chi connectivity index (χ2v) is 5.83. The fourth-order valence-electron chi connectivity index (χ4n) is 1.95. The zero-order valence-corrected chi connectivity index (χ0v) is 11.8. The molecule has 0 saturated heterocycles. The standard InChI is InChI=1S/C14H18N2OS/c1-4-5-9(2)14(17)16-11-6-7-12-13(8-11)18-10(3)15-12/h6-9H,4-5H2,1-3H3,(H,16,17)/t9-/m0/s1. The Morgan fingerprint density at radius 2 is 2.28 bits per heavy atom. The van der Waals surface area contributed by atoms with Crippen LogP contribution in [-0.2, 0) is 4.79 Å². The molecule has 0 spiro atoms. The third-order valence-electron chi connectivity index (χ3n) is 2.93. The molecule has 3 nitrogen and oxygen atoms in total. The van der Waals surface area contributed by atoms with Gasteiger partial charge in [-0.05, 0) is 31.5 Å². The Kier molecular flexibility index (Phi) is 3.97. The van der Waals surface area contributed by atoms with Gasteiger partial charge in [0.2, 0.25) is 5.91 Å². The Bertz CT molecular complexity index is 562. The first-order chi connectivity index (χ1) is 8.60. The lowest BCUT2D eigenvalue weighted by atomic mass is 10.1. The number of benzene rings is 1. The normalized spacial score (nSPS) is 12.6.